The predicted molar refractivity (Wildman–Crippen MR) is 73.9 cm³/mol. The molecule has 3 nitrogen and oxygen atoms in total. The van der Waals surface area contributed by atoms with Crippen LogP contribution in [0.3, 0.4) is 0 Å². The molecule has 0 saturated heterocycles. The molecule has 1 N–H and O–H groups in total. The second-order valence-electron chi connectivity index (χ2n) is 4.39. The first-order valence-corrected chi connectivity index (χ1v) is 6.95. The first-order chi connectivity index (χ1) is 8.25. The monoisotopic (exact) mass is 254 g/mol. The number of nitrogens with one attached hydrogen (secondary N) is 1. The molecule has 1 rings (SSSR count). The van der Waals surface area contributed by atoms with Crippen LogP contribution in [0, 0.1) is 4.77 Å². The summed E-state index contributed by atoms with van der Waals surface area (Å²) < 4.78 is 2.17. The molecule has 0 fully saturated rings. The van der Waals surface area contributed by atoms with Crippen LogP contribution < -0.4 is 5.56 Å². The Morgan fingerprint density at radius 3 is 2.47 bits per heavy atom. The highest BCUT2D eigenvalue weighted by molar-refractivity contribution is 7.71. The Bertz CT molecular complexity index is 394. The summed E-state index contributed by atoms with van der Waals surface area (Å²) in [6, 6.07) is 1.52. The number of aromatic amines is 1. The molecule has 96 valence electrons. The number of unbranched alkanes of at least 4 members (excludes halogenated alkanes) is 6. The lowest BCUT2D eigenvalue weighted by molar-refractivity contribution is 0.535. The van der Waals surface area contributed by atoms with Crippen molar-refractivity contribution in [2.75, 3.05) is 0 Å². The largest absolute Gasteiger partial charge is 0.339 e. The highest BCUT2D eigenvalue weighted by atomic mass is 32.1. The van der Waals surface area contributed by atoms with Gasteiger partial charge in [-0.2, -0.15) is 0 Å². The molecule has 0 unspecified atom stereocenters. The van der Waals surface area contributed by atoms with E-state index in [2.05, 4.69) is 11.9 Å². The Morgan fingerprint density at radius 2 is 1.82 bits per heavy atom. The summed E-state index contributed by atoms with van der Waals surface area (Å²) in [4.78, 5) is 14.4. The highest BCUT2D eigenvalue weighted by Crippen LogP contribution is 2.07. The van der Waals surface area contributed by atoms with Gasteiger partial charge in [-0.3, -0.25) is 9.36 Å². The van der Waals surface area contributed by atoms with E-state index in [0.29, 0.717) is 4.77 Å². The van der Waals surface area contributed by atoms with Crippen LogP contribution in [0.5, 0.6) is 0 Å². The molecule has 1 aromatic heterocycles. The third kappa shape index (κ3) is 5.31. The molecule has 17 heavy (non-hydrogen) atoms. The van der Waals surface area contributed by atoms with Crippen molar-refractivity contribution >= 4 is 12.2 Å². The minimum Gasteiger partial charge on any atom is -0.339 e. The van der Waals surface area contributed by atoms with Gasteiger partial charge in [0.2, 0.25) is 0 Å². The van der Waals surface area contributed by atoms with E-state index in [0.717, 1.165) is 13.0 Å². The molecule has 0 aliphatic carbocycles. The van der Waals surface area contributed by atoms with Gasteiger partial charge < -0.3 is 4.98 Å². The first kappa shape index (κ1) is 14.2. The van der Waals surface area contributed by atoms with Crippen molar-refractivity contribution in [2.45, 2.75) is 58.4 Å². The van der Waals surface area contributed by atoms with Crippen molar-refractivity contribution in [1.82, 2.24) is 9.55 Å². The summed E-state index contributed by atoms with van der Waals surface area (Å²) >= 11 is 5.08. The summed E-state index contributed by atoms with van der Waals surface area (Å²) in [6.07, 6.45) is 10.3. The summed E-state index contributed by atoms with van der Waals surface area (Å²) in [5, 5.41) is 0. The van der Waals surface area contributed by atoms with Crippen molar-refractivity contribution in [2.24, 2.45) is 0 Å². The Labute approximate surface area is 108 Å². The molecule has 0 aromatic carbocycles. The Balaban J connectivity index is 2.23. The van der Waals surface area contributed by atoms with E-state index in [9.17, 15) is 4.79 Å². The molecule has 0 saturated carbocycles. The standard InChI is InChI=1S/C13H22N2OS/c1-2-3-4-5-6-7-8-11-15-12(16)9-10-14-13(15)17/h9-10H,2-8,11H2,1H3,(H,14,17). The fourth-order valence-corrected chi connectivity index (χ4v) is 2.14. The van der Waals surface area contributed by atoms with Gasteiger partial charge in [-0.15, -0.1) is 0 Å². The van der Waals surface area contributed by atoms with E-state index in [1.54, 1.807) is 10.8 Å². The number of aromatic nitrogens is 2. The predicted octanol–water partition coefficient (Wildman–Crippen LogP) is 3.66. The number of nitrogens with zero attached hydrogens (tertiary/aromatic N) is 1. The Morgan fingerprint density at radius 1 is 1.18 bits per heavy atom. The molecule has 1 aromatic rings. The average Bonchev–Trinajstić information content (AvgIpc) is 2.31. The highest BCUT2D eigenvalue weighted by Gasteiger charge is 1.97. The molecule has 0 bridgehead atoms. The second-order valence-corrected chi connectivity index (χ2v) is 4.78. The number of rotatable bonds is 8. The van der Waals surface area contributed by atoms with Gasteiger partial charge in [0.05, 0.1) is 0 Å². The van der Waals surface area contributed by atoms with E-state index in [1.165, 1.54) is 44.6 Å². The van der Waals surface area contributed by atoms with Crippen LogP contribution in [0.4, 0.5) is 0 Å². The van der Waals surface area contributed by atoms with Gasteiger partial charge in [0, 0.05) is 18.8 Å². The third-order valence-corrected chi connectivity index (χ3v) is 3.27. The van der Waals surface area contributed by atoms with Gasteiger partial charge in [0.15, 0.2) is 4.77 Å². The van der Waals surface area contributed by atoms with Gasteiger partial charge in [0.1, 0.15) is 0 Å². The topological polar surface area (TPSA) is 37.8 Å². The maximum atomic E-state index is 11.5. The summed E-state index contributed by atoms with van der Waals surface area (Å²) in [6.45, 7) is 2.96. The fraction of sp³-hybridized carbons (Fsp3) is 0.692. The van der Waals surface area contributed by atoms with Gasteiger partial charge in [0.25, 0.3) is 5.56 Å². The Hall–Kier alpha value is -0.900. The van der Waals surface area contributed by atoms with Crippen LogP contribution >= 0.6 is 12.2 Å². The molecule has 1 heterocycles. The summed E-state index contributed by atoms with van der Waals surface area (Å²) in [5.74, 6) is 0. The van der Waals surface area contributed by atoms with Crippen LogP contribution in [-0.4, -0.2) is 9.55 Å². The lowest BCUT2D eigenvalue weighted by Crippen LogP contribution is -2.20. The van der Waals surface area contributed by atoms with Crippen LogP contribution in [0.15, 0.2) is 17.1 Å². The van der Waals surface area contributed by atoms with Gasteiger partial charge in [-0.05, 0) is 18.6 Å². The van der Waals surface area contributed by atoms with Crippen LogP contribution in [0.2, 0.25) is 0 Å². The van der Waals surface area contributed by atoms with Crippen molar-refractivity contribution < 1.29 is 0 Å². The van der Waals surface area contributed by atoms with Crippen molar-refractivity contribution in [3.05, 3.63) is 27.4 Å². The summed E-state index contributed by atoms with van der Waals surface area (Å²) in [5.41, 5.74) is -0.000247. The molecule has 0 radical (unpaired) electrons. The number of hydrogen-bond acceptors (Lipinski definition) is 2. The fourth-order valence-electron chi connectivity index (χ4n) is 1.89. The van der Waals surface area contributed by atoms with E-state index in [-0.39, 0.29) is 5.56 Å². The van der Waals surface area contributed by atoms with E-state index < -0.39 is 0 Å². The van der Waals surface area contributed by atoms with E-state index >= 15 is 0 Å². The number of H-pyrrole nitrogens is 1. The second kappa shape index (κ2) is 8.23. The van der Waals surface area contributed by atoms with Crippen molar-refractivity contribution in [1.29, 1.82) is 0 Å². The smallest absolute Gasteiger partial charge is 0.254 e. The molecule has 0 aliphatic rings. The average molecular weight is 254 g/mol. The maximum Gasteiger partial charge on any atom is 0.254 e. The normalized spacial score (nSPS) is 10.6. The zero-order valence-electron chi connectivity index (χ0n) is 10.6. The van der Waals surface area contributed by atoms with Crippen LogP contribution in [0.1, 0.15) is 51.9 Å². The summed E-state index contributed by atoms with van der Waals surface area (Å²) in [7, 11) is 0. The van der Waals surface area contributed by atoms with Crippen LogP contribution in [0.25, 0.3) is 0 Å². The first-order valence-electron chi connectivity index (χ1n) is 6.54. The zero-order chi connectivity index (χ0) is 12.5. The molecule has 0 spiro atoms. The van der Waals surface area contributed by atoms with Crippen molar-refractivity contribution in [3.8, 4) is 0 Å². The quantitative estimate of drug-likeness (QED) is 0.568. The molecular formula is C13H22N2OS. The SMILES string of the molecule is CCCCCCCCCn1c(=O)cc[nH]c1=S. The molecule has 0 aliphatic heterocycles. The minimum atomic E-state index is -0.000247. The molecule has 0 amide bonds. The van der Waals surface area contributed by atoms with E-state index in [4.69, 9.17) is 12.2 Å². The lowest BCUT2D eigenvalue weighted by atomic mass is 10.1. The zero-order valence-corrected chi connectivity index (χ0v) is 11.4. The van der Waals surface area contributed by atoms with Gasteiger partial charge in [-0.25, -0.2) is 0 Å². The van der Waals surface area contributed by atoms with Crippen molar-refractivity contribution in [3.63, 3.8) is 0 Å². The molecular weight excluding hydrogens is 232 g/mol. The van der Waals surface area contributed by atoms with Crippen LogP contribution in [-0.2, 0) is 6.54 Å². The van der Waals surface area contributed by atoms with Gasteiger partial charge in [-0.1, -0.05) is 45.4 Å². The molecule has 0 atom stereocenters. The lowest BCUT2D eigenvalue weighted by Gasteiger charge is -2.05. The Kier molecular flexibility index (Phi) is 6.86. The number of hydrogen-bond donors (Lipinski definition) is 1. The molecule has 4 heteroatoms. The maximum absolute atomic E-state index is 11.5. The van der Waals surface area contributed by atoms with Gasteiger partial charge >= 0.3 is 0 Å². The minimum absolute atomic E-state index is 0.000247. The van der Waals surface area contributed by atoms with E-state index in [1.807, 2.05) is 0 Å². The third-order valence-electron chi connectivity index (χ3n) is 2.93.